The van der Waals surface area contributed by atoms with Crippen molar-refractivity contribution in [2.45, 2.75) is 38.6 Å². The molecule has 3 nitrogen and oxygen atoms in total. The van der Waals surface area contributed by atoms with E-state index in [0.717, 1.165) is 13.0 Å². The largest absolute Gasteiger partial charge is 0.466 e. The second-order valence-electron chi connectivity index (χ2n) is 3.78. The van der Waals surface area contributed by atoms with Gasteiger partial charge in [-0.2, -0.15) is 11.8 Å². The van der Waals surface area contributed by atoms with E-state index in [9.17, 15) is 4.79 Å². The summed E-state index contributed by atoms with van der Waals surface area (Å²) in [6, 6.07) is 0.658. The second-order valence-corrected chi connectivity index (χ2v) is 4.93. The zero-order valence-corrected chi connectivity index (χ0v) is 10.3. The molecular weight excluding hydrogens is 210 g/mol. The Hall–Kier alpha value is -0.220. The highest BCUT2D eigenvalue weighted by molar-refractivity contribution is 7.99. The van der Waals surface area contributed by atoms with Gasteiger partial charge in [0.05, 0.1) is 6.61 Å². The van der Waals surface area contributed by atoms with Crippen LogP contribution in [0, 0.1) is 0 Å². The second kappa shape index (κ2) is 7.99. The highest BCUT2D eigenvalue weighted by Crippen LogP contribution is 2.16. The minimum Gasteiger partial charge on any atom is -0.466 e. The lowest BCUT2D eigenvalue weighted by molar-refractivity contribution is -0.143. The van der Waals surface area contributed by atoms with E-state index in [1.54, 1.807) is 0 Å². The molecule has 1 heterocycles. The number of esters is 1. The molecule has 1 unspecified atom stereocenters. The molecule has 1 N–H and O–H groups in total. The minimum atomic E-state index is -0.0719. The normalized spacial score (nSPS) is 21.3. The topological polar surface area (TPSA) is 38.3 Å². The lowest BCUT2D eigenvalue weighted by Gasteiger charge is -2.22. The zero-order chi connectivity index (χ0) is 10.9. The molecule has 1 aliphatic rings. The molecule has 4 heteroatoms. The van der Waals surface area contributed by atoms with Crippen LogP contribution < -0.4 is 5.32 Å². The fraction of sp³-hybridized carbons (Fsp3) is 0.909. The first-order valence-electron chi connectivity index (χ1n) is 5.79. The van der Waals surface area contributed by atoms with Crippen LogP contribution in [0.1, 0.15) is 32.6 Å². The summed E-state index contributed by atoms with van der Waals surface area (Å²) in [4.78, 5) is 11.0. The summed E-state index contributed by atoms with van der Waals surface area (Å²) in [6.45, 7) is 3.27. The van der Waals surface area contributed by atoms with Crippen LogP contribution in [0.2, 0.25) is 0 Å². The predicted molar refractivity (Wildman–Crippen MR) is 64.2 cm³/mol. The van der Waals surface area contributed by atoms with Gasteiger partial charge in [-0.1, -0.05) is 0 Å². The first kappa shape index (κ1) is 12.8. The smallest absolute Gasteiger partial charge is 0.305 e. The van der Waals surface area contributed by atoms with Gasteiger partial charge in [-0.05, 0) is 38.5 Å². The number of carbonyl (C=O) groups excluding carboxylic acids is 1. The maximum Gasteiger partial charge on any atom is 0.305 e. The highest BCUT2D eigenvalue weighted by Gasteiger charge is 2.12. The maximum absolute atomic E-state index is 11.0. The molecule has 0 bridgehead atoms. The fourth-order valence-electron chi connectivity index (χ4n) is 1.67. The molecule has 1 fully saturated rings. The van der Waals surface area contributed by atoms with Gasteiger partial charge in [0.15, 0.2) is 0 Å². The number of carbonyl (C=O) groups is 1. The molecule has 0 aromatic rings. The van der Waals surface area contributed by atoms with E-state index in [4.69, 9.17) is 4.74 Å². The SMILES string of the molecule is CCOC(=O)CCCNC1CCCSC1. The van der Waals surface area contributed by atoms with Crippen molar-refractivity contribution in [3.63, 3.8) is 0 Å². The first-order chi connectivity index (χ1) is 7.33. The van der Waals surface area contributed by atoms with Crippen LogP contribution in [0.3, 0.4) is 0 Å². The zero-order valence-electron chi connectivity index (χ0n) is 9.46. The third-order valence-corrected chi connectivity index (χ3v) is 3.67. The van der Waals surface area contributed by atoms with Gasteiger partial charge in [0.2, 0.25) is 0 Å². The van der Waals surface area contributed by atoms with E-state index >= 15 is 0 Å². The van der Waals surface area contributed by atoms with Gasteiger partial charge < -0.3 is 10.1 Å². The van der Waals surface area contributed by atoms with Crippen molar-refractivity contribution in [3.8, 4) is 0 Å². The monoisotopic (exact) mass is 231 g/mol. The average molecular weight is 231 g/mol. The number of hydrogen-bond acceptors (Lipinski definition) is 4. The third kappa shape index (κ3) is 6.05. The summed E-state index contributed by atoms with van der Waals surface area (Å²) in [5.41, 5.74) is 0. The van der Waals surface area contributed by atoms with Gasteiger partial charge in [-0.15, -0.1) is 0 Å². The molecule has 0 radical (unpaired) electrons. The molecule has 0 aromatic carbocycles. The Labute approximate surface area is 96.3 Å². The van der Waals surface area contributed by atoms with Crippen LogP contribution >= 0.6 is 11.8 Å². The molecule has 1 saturated heterocycles. The standard InChI is InChI=1S/C11H21NO2S/c1-2-14-11(13)6-3-7-12-10-5-4-8-15-9-10/h10,12H,2-9H2,1H3. The Morgan fingerprint density at radius 3 is 3.13 bits per heavy atom. The summed E-state index contributed by atoms with van der Waals surface area (Å²) >= 11 is 2.02. The lowest BCUT2D eigenvalue weighted by Crippen LogP contribution is -2.34. The van der Waals surface area contributed by atoms with Crippen LogP contribution in [0.4, 0.5) is 0 Å². The molecule has 88 valence electrons. The summed E-state index contributed by atoms with van der Waals surface area (Å²) < 4.78 is 4.86. The van der Waals surface area contributed by atoms with E-state index in [1.165, 1.54) is 24.3 Å². The van der Waals surface area contributed by atoms with E-state index in [-0.39, 0.29) is 5.97 Å². The van der Waals surface area contributed by atoms with E-state index in [1.807, 2.05) is 18.7 Å². The molecular formula is C11H21NO2S. The van der Waals surface area contributed by atoms with Gasteiger partial charge in [-0.3, -0.25) is 4.79 Å². The number of ether oxygens (including phenoxy) is 1. The molecule has 0 aliphatic carbocycles. The minimum absolute atomic E-state index is 0.0719. The number of thioether (sulfide) groups is 1. The van der Waals surface area contributed by atoms with Crippen LogP contribution in [-0.4, -0.2) is 36.7 Å². The number of nitrogens with one attached hydrogen (secondary N) is 1. The quantitative estimate of drug-likeness (QED) is 0.559. The first-order valence-corrected chi connectivity index (χ1v) is 6.95. The Balaban J connectivity index is 1.93. The van der Waals surface area contributed by atoms with E-state index in [0.29, 0.717) is 19.1 Å². The van der Waals surface area contributed by atoms with Crippen LogP contribution in [0.15, 0.2) is 0 Å². The molecule has 0 spiro atoms. The predicted octanol–water partition coefficient (Wildman–Crippen LogP) is 1.81. The third-order valence-electron chi connectivity index (χ3n) is 2.46. The van der Waals surface area contributed by atoms with Gasteiger partial charge >= 0.3 is 5.97 Å². The van der Waals surface area contributed by atoms with Crippen LogP contribution in [-0.2, 0) is 9.53 Å². The van der Waals surface area contributed by atoms with Crippen LogP contribution in [0.25, 0.3) is 0 Å². The maximum atomic E-state index is 11.0. The molecule has 0 aromatic heterocycles. The Morgan fingerprint density at radius 1 is 1.60 bits per heavy atom. The molecule has 1 aliphatic heterocycles. The van der Waals surface area contributed by atoms with Gasteiger partial charge in [0.25, 0.3) is 0 Å². The van der Waals surface area contributed by atoms with Crippen molar-refractivity contribution in [1.82, 2.24) is 5.32 Å². The summed E-state index contributed by atoms with van der Waals surface area (Å²) in [7, 11) is 0. The van der Waals surface area contributed by atoms with Crippen molar-refractivity contribution in [3.05, 3.63) is 0 Å². The van der Waals surface area contributed by atoms with Crippen molar-refractivity contribution < 1.29 is 9.53 Å². The Bertz CT molecular complexity index is 181. The highest BCUT2D eigenvalue weighted by atomic mass is 32.2. The van der Waals surface area contributed by atoms with Crippen molar-refractivity contribution in [2.75, 3.05) is 24.7 Å². The van der Waals surface area contributed by atoms with Crippen molar-refractivity contribution >= 4 is 17.7 Å². The Kier molecular flexibility index (Phi) is 6.85. The number of rotatable bonds is 6. The van der Waals surface area contributed by atoms with Crippen molar-refractivity contribution in [1.29, 1.82) is 0 Å². The summed E-state index contributed by atoms with van der Waals surface area (Å²) in [6.07, 6.45) is 4.04. The molecule has 0 amide bonds. The van der Waals surface area contributed by atoms with Gasteiger partial charge in [0, 0.05) is 18.2 Å². The molecule has 15 heavy (non-hydrogen) atoms. The van der Waals surface area contributed by atoms with E-state index < -0.39 is 0 Å². The van der Waals surface area contributed by atoms with Gasteiger partial charge in [-0.25, -0.2) is 0 Å². The molecule has 0 saturated carbocycles. The fourth-order valence-corrected chi connectivity index (χ4v) is 2.78. The van der Waals surface area contributed by atoms with Crippen LogP contribution in [0.5, 0.6) is 0 Å². The number of hydrogen-bond donors (Lipinski definition) is 1. The summed E-state index contributed by atoms with van der Waals surface area (Å²) in [5, 5.41) is 3.49. The molecule has 1 rings (SSSR count). The van der Waals surface area contributed by atoms with Gasteiger partial charge in [0.1, 0.15) is 0 Å². The van der Waals surface area contributed by atoms with E-state index in [2.05, 4.69) is 5.32 Å². The lowest BCUT2D eigenvalue weighted by atomic mass is 10.2. The average Bonchev–Trinajstić information content (AvgIpc) is 2.26. The molecule has 1 atom stereocenters. The Morgan fingerprint density at radius 2 is 2.47 bits per heavy atom. The summed E-state index contributed by atoms with van der Waals surface area (Å²) in [5.74, 6) is 2.46. The van der Waals surface area contributed by atoms with Crippen molar-refractivity contribution in [2.24, 2.45) is 0 Å².